The molecule has 21 heavy (non-hydrogen) atoms. The van der Waals surface area contributed by atoms with Gasteiger partial charge in [0.15, 0.2) is 0 Å². The lowest BCUT2D eigenvalue weighted by atomic mass is 10.1. The Hall–Kier alpha value is -2.89. The highest BCUT2D eigenvalue weighted by Crippen LogP contribution is 2.13. The molecule has 108 valence electrons. The molecule has 6 heteroatoms. The van der Waals surface area contributed by atoms with Gasteiger partial charge in [0, 0.05) is 18.3 Å². The van der Waals surface area contributed by atoms with Crippen molar-refractivity contribution in [3.8, 4) is 5.88 Å². The van der Waals surface area contributed by atoms with Gasteiger partial charge in [0.2, 0.25) is 11.8 Å². The summed E-state index contributed by atoms with van der Waals surface area (Å²) >= 11 is 0. The Morgan fingerprint density at radius 3 is 2.81 bits per heavy atom. The number of carbonyl (C=O) groups is 2. The number of rotatable bonds is 5. The first kappa shape index (κ1) is 14.5. The summed E-state index contributed by atoms with van der Waals surface area (Å²) in [7, 11) is 1.45. The number of carbonyl (C=O) groups excluding carboxylic acids is 2. The number of ether oxygens (including phenoxy) is 1. The van der Waals surface area contributed by atoms with Crippen LogP contribution in [-0.2, 0) is 6.54 Å². The largest absolute Gasteiger partial charge is 0.480 e. The first-order chi connectivity index (χ1) is 10.1. The minimum atomic E-state index is -0.503. The van der Waals surface area contributed by atoms with Gasteiger partial charge in [-0.15, -0.1) is 0 Å². The number of primary amides is 1. The lowest BCUT2D eigenvalue weighted by molar-refractivity contribution is 0.0946. The molecule has 1 aromatic heterocycles. The first-order valence-corrected chi connectivity index (χ1v) is 6.27. The summed E-state index contributed by atoms with van der Waals surface area (Å²) in [6.45, 7) is 0.276. The van der Waals surface area contributed by atoms with Gasteiger partial charge in [0.05, 0.1) is 7.11 Å². The number of methoxy groups -OCH3 is 1. The van der Waals surface area contributed by atoms with Crippen LogP contribution in [0.1, 0.15) is 26.3 Å². The van der Waals surface area contributed by atoms with E-state index in [1.54, 1.807) is 42.6 Å². The van der Waals surface area contributed by atoms with Crippen molar-refractivity contribution in [1.29, 1.82) is 0 Å². The van der Waals surface area contributed by atoms with Crippen LogP contribution >= 0.6 is 0 Å². The Balaban J connectivity index is 2.07. The summed E-state index contributed by atoms with van der Waals surface area (Å²) in [5, 5.41) is 2.75. The summed E-state index contributed by atoms with van der Waals surface area (Å²) in [5.74, 6) is -0.539. The van der Waals surface area contributed by atoms with E-state index < -0.39 is 5.91 Å². The summed E-state index contributed by atoms with van der Waals surface area (Å²) < 4.78 is 5.04. The fraction of sp³-hybridized carbons (Fsp3) is 0.133. The highest BCUT2D eigenvalue weighted by molar-refractivity contribution is 5.96. The number of pyridine rings is 1. The third-order valence-electron chi connectivity index (χ3n) is 2.87. The van der Waals surface area contributed by atoms with E-state index in [-0.39, 0.29) is 18.3 Å². The number of nitrogens with one attached hydrogen (secondary N) is 1. The molecular weight excluding hydrogens is 270 g/mol. The fourth-order valence-corrected chi connectivity index (χ4v) is 1.84. The molecular formula is C15H15N3O3. The molecule has 3 N–H and O–H groups in total. The highest BCUT2D eigenvalue weighted by Gasteiger charge is 2.12. The van der Waals surface area contributed by atoms with Crippen molar-refractivity contribution in [2.24, 2.45) is 5.73 Å². The van der Waals surface area contributed by atoms with Crippen molar-refractivity contribution >= 4 is 11.8 Å². The minimum absolute atomic E-state index is 0.265. The zero-order valence-corrected chi connectivity index (χ0v) is 11.5. The molecule has 2 rings (SSSR count). The molecule has 0 aliphatic rings. The summed E-state index contributed by atoms with van der Waals surface area (Å²) in [5.41, 5.74) is 6.75. The van der Waals surface area contributed by atoms with Crippen molar-refractivity contribution in [1.82, 2.24) is 10.3 Å². The molecule has 0 saturated carbocycles. The van der Waals surface area contributed by atoms with Gasteiger partial charge in [-0.05, 0) is 29.8 Å². The van der Waals surface area contributed by atoms with Crippen LogP contribution in [0.2, 0.25) is 0 Å². The smallest absolute Gasteiger partial charge is 0.257 e. The molecule has 1 heterocycles. The van der Waals surface area contributed by atoms with Crippen LogP contribution in [0.5, 0.6) is 5.88 Å². The van der Waals surface area contributed by atoms with E-state index in [9.17, 15) is 9.59 Å². The van der Waals surface area contributed by atoms with E-state index in [2.05, 4.69) is 10.3 Å². The molecule has 2 amide bonds. The number of benzene rings is 1. The highest BCUT2D eigenvalue weighted by atomic mass is 16.5. The van der Waals surface area contributed by atoms with E-state index in [4.69, 9.17) is 10.5 Å². The first-order valence-electron chi connectivity index (χ1n) is 6.27. The zero-order chi connectivity index (χ0) is 15.2. The molecule has 1 aromatic carbocycles. The normalized spacial score (nSPS) is 9.95. The Bertz CT molecular complexity index is 671. The predicted molar refractivity (Wildman–Crippen MR) is 76.9 cm³/mol. The summed E-state index contributed by atoms with van der Waals surface area (Å²) in [6.07, 6.45) is 1.55. The van der Waals surface area contributed by atoms with Crippen LogP contribution in [0, 0.1) is 0 Å². The van der Waals surface area contributed by atoms with Crippen molar-refractivity contribution in [3.05, 3.63) is 59.3 Å². The van der Waals surface area contributed by atoms with Gasteiger partial charge in [-0.1, -0.05) is 12.1 Å². The molecule has 0 spiro atoms. The van der Waals surface area contributed by atoms with Crippen LogP contribution in [-0.4, -0.2) is 23.9 Å². The summed E-state index contributed by atoms with van der Waals surface area (Å²) in [4.78, 5) is 27.2. The summed E-state index contributed by atoms with van der Waals surface area (Å²) in [6, 6.07) is 10.1. The van der Waals surface area contributed by atoms with Gasteiger partial charge in [0.25, 0.3) is 5.91 Å². The van der Waals surface area contributed by atoms with Crippen molar-refractivity contribution in [2.45, 2.75) is 6.54 Å². The topological polar surface area (TPSA) is 94.3 Å². The monoisotopic (exact) mass is 285 g/mol. The lowest BCUT2D eigenvalue weighted by Gasteiger charge is -2.08. The van der Waals surface area contributed by atoms with Crippen molar-refractivity contribution < 1.29 is 14.3 Å². The fourth-order valence-electron chi connectivity index (χ4n) is 1.84. The number of aromatic nitrogens is 1. The Morgan fingerprint density at radius 2 is 2.10 bits per heavy atom. The Morgan fingerprint density at radius 1 is 1.29 bits per heavy atom. The average molecular weight is 285 g/mol. The molecule has 0 aliphatic carbocycles. The average Bonchev–Trinajstić information content (AvgIpc) is 2.52. The maximum Gasteiger partial charge on any atom is 0.257 e. The van der Waals surface area contributed by atoms with Crippen LogP contribution < -0.4 is 15.8 Å². The maximum absolute atomic E-state index is 12.1. The van der Waals surface area contributed by atoms with E-state index >= 15 is 0 Å². The number of hydrogen-bond acceptors (Lipinski definition) is 4. The van der Waals surface area contributed by atoms with Gasteiger partial charge in [-0.2, -0.15) is 0 Å². The number of nitrogens with two attached hydrogens (primary N) is 1. The van der Waals surface area contributed by atoms with Crippen molar-refractivity contribution in [2.75, 3.05) is 7.11 Å². The second kappa shape index (κ2) is 6.51. The lowest BCUT2D eigenvalue weighted by Crippen LogP contribution is -2.23. The van der Waals surface area contributed by atoms with Crippen LogP contribution in [0.25, 0.3) is 0 Å². The van der Waals surface area contributed by atoms with Crippen LogP contribution in [0.15, 0.2) is 42.6 Å². The predicted octanol–water partition coefficient (Wildman–Crippen LogP) is 1.12. The van der Waals surface area contributed by atoms with E-state index in [1.165, 1.54) is 7.11 Å². The SMILES string of the molecule is COc1ncccc1C(=O)NCc1cccc(C(N)=O)c1. The Kier molecular flexibility index (Phi) is 4.50. The van der Waals surface area contributed by atoms with Gasteiger partial charge in [-0.3, -0.25) is 9.59 Å². The van der Waals surface area contributed by atoms with Gasteiger partial charge >= 0.3 is 0 Å². The second-order valence-corrected chi connectivity index (χ2v) is 4.31. The van der Waals surface area contributed by atoms with Crippen LogP contribution in [0.3, 0.4) is 0 Å². The Labute approximate surface area is 121 Å². The van der Waals surface area contributed by atoms with Gasteiger partial charge in [0.1, 0.15) is 5.56 Å². The molecule has 0 aliphatic heterocycles. The van der Waals surface area contributed by atoms with Gasteiger partial charge < -0.3 is 15.8 Å². The van der Waals surface area contributed by atoms with E-state index in [1.807, 2.05) is 0 Å². The molecule has 0 fully saturated rings. The molecule has 0 bridgehead atoms. The molecule has 0 atom stereocenters. The third kappa shape index (κ3) is 3.56. The standard InChI is InChI=1S/C15H15N3O3/c1-21-15-12(6-3-7-17-15)14(20)18-9-10-4-2-5-11(8-10)13(16)19/h2-8H,9H2,1H3,(H2,16,19)(H,18,20). The number of hydrogen-bond donors (Lipinski definition) is 2. The van der Waals surface area contributed by atoms with E-state index in [0.29, 0.717) is 11.1 Å². The third-order valence-corrected chi connectivity index (χ3v) is 2.87. The second-order valence-electron chi connectivity index (χ2n) is 4.31. The quantitative estimate of drug-likeness (QED) is 0.860. The van der Waals surface area contributed by atoms with Gasteiger partial charge in [-0.25, -0.2) is 4.98 Å². The minimum Gasteiger partial charge on any atom is -0.480 e. The molecule has 0 saturated heterocycles. The zero-order valence-electron chi connectivity index (χ0n) is 11.5. The van der Waals surface area contributed by atoms with Crippen LogP contribution in [0.4, 0.5) is 0 Å². The number of nitrogens with zero attached hydrogens (tertiary/aromatic N) is 1. The number of amides is 2. The maximum atomic E-state index is 12.1. The van der Waals surface area contributed by atoms with E-state index in [0.717, 1.165) is 5.56 Å². The van der Waals surface area contributed by atoms with Crippen molar-refractivity contribution in [3.63, 3.8) is 0 Å². The molecule has 0 radical (unpaired) electrons. The molecule has 2 aromatic rings. The molecule has 6 nitrogen and oxygen atoms in total. The molecule has 0 unspecified atom stereocenters.